The number of hydrogen-bond acceptors (Lipinski definition) is 2. The minimum atomic E-state index is 0.541. The van der Waals surface area contributed by atoms with Crippen molar-refractivity contribution in [2.24, 2.45) is 5.92 Å². The molecule has 2 nitrogen and oxygen atoms in total. The van der Waals surface area contributed by atoms with E-state index in [1.165, 1.54) is 55.2 Å². The minimum Gasteiger partial charge on any atom is -0.314 e. The van der Waals surface area contributed by atoms with Gasteiger partial charge in [0.25, 0.3) is 0 Å². The van der Waals surface area contributed by atoms with E-state index in [4.69, 9.17) is 0 Å². The van der Waals surface area contributed by atoms with Crippen LogP contribution in [-0.2, 0) is 0 Å². The number of nitrogens with zero attached hydrogens (tertiary/aromatic N) is 1. The summed E-state index contributed by atoms with van der Waals surface area (Å²) in [7, 11) is 2.29. The molecule has 2 atom stereocenters. The fourth-order valence-corrected chi connectivity index (χ4v) is 3.97. The third-order valence-corrected chi connectivity index (χ3v) is 5.45. The van der Waals surface area contributed by atoms with Crippen LogP contribution in [0, 0.1) is 5.92 Å². The van der Waals surface area contributed by atoms with Gasteiger partial charge in [-0.3, -0.25) is 4.90 Å². The summed E-state index contributed by atoms with van der Waals surface area (Å²) >= 11 is 3.76. The van der Waals surface area contributed by atoms with Crippen molar-refractivity contribution in [1.82, 2.24) is 10.2 Å². The predicted molar refractivity (Wildman–Crippen MR) is 87.9 cm³/mol. The van der Waals surface area contributed by atoms with Gasteiger partial charge in [0.2, 0.25) is 0 Å². The second kappa shape index (κ2) is 6.59. The molecule has 3 heteroatoms. The summed E-state index contributed by atoms with van der Waals surface area (Å²) < 4.78 is 1.26. The molecule has 1 saturated carbocycles. The topological polar surface area (TPSA) is 15.3 Å². The highest BCUT2D eigenvalue weighted by Gasteiger charge is 2.31. The number of rotatable bonds is 4. The molecule has 0 bridgehead atoms. The van der Waals surface area contributed by atoms with Gasteiger partial charge in [-0.1, -0.05) is 40.5 Å². The molecule has 1 aromatic rings. The van der Waals surface area contributed by atoms with E-state index in [1.54, 1.807) is 0 Å². The summed E-state index contributed by atoms with van der Waals surface area (Å²) in [6.45, 7) is 2.38. The first-order valence-electron chi connectivity index (χ1n) is 7.94. The van der Waals surface area contributed by atoms with Crippen LogP contribution in [0.5, 0.6) is 0 Å². The van der Waals surface area contributed by atoms with E-state index >= 15 is 0 Å². The van der Waals surface area contributed by atoms with Crippen LogP contribution < -0.4 is 5.32 Å². The summed E-state index contributed by atoms with van der Waals surface area (Å²) in [4.78, 5) is 2.56. The predicted octanol–water partition coefficient (Wildman–Crippen LogP) is 3.97. The maximum absolute atomic E-state index is 3.76. The Morgan fingerprint density at radius 1 is 1.20 bits per heavy atom. The van der Waals surface area contributed by atoms with Gasteiger partial charge >= 0.3 is 0 Å². The highest BCUT2D eigenvalue weighted by Crippen LogP contribution is 2.37. The molecular weight excluding hydrogens is 312 g/mol. The Morgan fingerprint density at radius 3 is 2.75 bits per heavy atom. The molecule has 1 heterocycles. The maximum Gasteiger partial charge on any atom is 0.0396 e. The molecule has 1 aliphatic heterocycles. The van der Waals surface area contributed by atoms with E-state index in [9.17, 15) is 0 Å². The second-order valence-electron chi connectivity index (χ2n) is 6.39. The lowest BCUT2D eigenvalue weighted by atomic mass is 9.89. The molecule has 1 saturated heterocycles. The lowest BCUT2D eigenvalue weighted by molar-refractivity contribution is 0.188. The third kappa shape index (κ3) is 3.44. The van der Waals surface area contributed by atoms with Gasteiger partial charge in [0.15, 0.2) is 0 Å². The van der Waals surface area contributed by atoms with Crippen molar-refractivity contribution in [1.29, 1.82) is 0 Å². The van der Waals surface area contributed by atoms with Crippen molar-refractivity contribution in [3.8, 4) is 0 Å². The molecule has 1 aromatic carbocycles. The Morgan fingerprint density at radius 2 is 2.00 bits per heavy atom. The van der Waals surface area contributed by atoms with Gasteiger partial charge in [-0.25, -0.2) is 0 Å². The Balaban J connectivity index is 1.81. The van der Waals surface area contributed by atoms with Gasteiger partial charge in [-0.2, -0.15) is 0 Å². The van der Waals surface area contributed by atoms with Crippen LogP contribution in [0.15, 0.2) is 28.7 Å². The van der Waals surface area contributed by atoms with Crippen molar-refractivity contribution in [2.45, 2.75) is 44.2 Å². The van der Waals surface area contributed by atoms with Crippen LogP contribution in [0.2, 0.25) is 0 Å². The Bertz CT molecular complexity index is 444. The fraction of sp³-hybridized carbons (Fsp3) is 0.647. The van der Waals surface area contributed by atoms with Crippen LogP contribution in [0.3, 0.4) is 0 Å². The van der Waals surface area contributed by atoms with Crippen molar-refractivity contribution in [2.75, 3.05) is 20.1 Å². The van der Waals surface area contributed by atoms with E-state index in [0.29, 0.717) is 6.04 Å². The molecule has 1 N–H and O–H groups in total. The number of nitrogens with one attached hydrogen (secondary N) is 1. The van der Waals surface area contributed by atoms with Crippen LogP contribution in [-0.4, -0.2) is 31.1 Å². The third-order valence-electron chi connectivity index (χ3n) is 4.73. The molecule has 2 fully saturated rings. The molecule has 0 aromatic heterocycles. The summed E-state index contributed by atoms with van der Waals surface area (Å²) in [6, 6.07) is 10.1. The largest absolute Gasteiger partial charge is 0.314 e. The van der Waals surface area contributed by atoms with E-state index in [1.807, 2.05) is 0 Å². The van der Waals surface area contributed by atoms with Crippen molar-refractivity contribution < 1.29 is 0 Å². The zero-order valence-electron chi connectivity index (χ0n) is 12.3. The zero-order valence-corrected chi connectivity index (χ0v) is 13.9. The molecule has 0 radical (unpaired) electrons. The zero-order chi connectivity index (χ0) is 13.9. The van der Waals surface area contributed by atoms with Crippen LogP contribution >= 0.6 is 15.9 Å². The summed E-state index contributed by atoms with van der Waals surface area (Å²) in [6.07, 6.45) is 6.79. The van der Waals surface area contributed by atoms with Crippen LogP contribution in [0.1, 0.15) is 43.7 Å². The smallest absolute Gasteiger partial charge is 0.0396 e. The number of halogens is 1. The lowest BCUT2D eigenvalue weighted by Crippen LogP contribution is -2.35. The first kappa shape index (κ1) is 14.6. The molecular formula is C17H25BrN2. The van der Waals surface area contributed by atoms with E-state index < -0.39 is 0 Å². The normalized spacial score (nSPS) is 28.3. The number of benzene rings is 1. The fourth-order valence-electron chi connectivity index (χ4n) is 3.45. The van der Waals surface area contributed by atoms with Crippen LogP contribution in [0.4, 0.5) is 0 Å². The average Bonchev–Trinajstić information content (AvgIpc) is 3.26. The summed E-state index contributed by atoms with van der Waals surface area (Å²) in [5, 5.41) is 3.75. The van der Waals surface area contributed by atoms with E-state index in [0.717, 1.165) is 12.0 Å². The molecule has 3 rings (SSSR count). The quantitative estimate of drug-likeness (QED) is 0.894. The first-order chi connectivity index (χ1) is 9.75. The summed E-state index contributed by atoms with van der Waals surface area (Å²) in [5.41, 5.74) is 1.46. The van der Waals surface area contributed by atoms with Crippen molar-refractivity contribution in [3.63, 3.8) is 0 Å². The lowest BCUT2D eigenvalue weighted by Gasteiger charge is -2.33. The maximum atomic E-state index is 3.76. The van der Waals surface area contributed by atoms with Gasteiger partial charge < -0.3 is 5.32 Å². The molecule has 0 spiro atoms. The van der Waals surface area contributed by atoms with Crippen LogP contribution in [0.25, 0.3) is 0 Å². The molecule has 20 heavy (non-hydrogen) atoms. The highest BCUT2D eigenvalue weighted by molar-refractivity contribution is 9.10. The number of hydrogen-bond donors (Lipinski definition) is 1. The second-order valence-corrected chi connectivity index (χ2v) is 7.24. The monoisotopic (exact) mass is 336 g/mol. The first-order valence-corrected chi connectivity index (χ1v) is 8.73. The van der Waals surface area contributed by atoms with Gasteiger partial charge in [-0.05, 0) is 56.8 Å². The molecule has 2 unspecified atom stereocenters. The standard InChI is InChI=1S/C17H25BrN2/c1-20-11-5-4-6-13(12-19-14-9-10-14)17(20)15-7-2-3-8-16(15)18/h2-3,7-8,13-14,17,19H,4-6,9-12H2,1H3. The van der Waals surface area contributed by atoms with Gasteiger partial charge in [-0.15, -0.1) is 0 Å². The Labute approximate surface area is 131 Å². The molecule has 0 amide bonds. The number of likely N-dealkylation sites (tertiary alicyclic amines) is 1. The van der Waals surface area contributed by atoms with E-state index in [2.05, 4.69) is 57.5 Å². The van der Waals surface area contributed by atoms with Gasteiger partial charge in [0.1, 0.15) is 0 Å². The van der Waals surface area contributed by atoms with E-state index in [-0.39, 0.29) is 0 Å². The average molecular weight is 337 g/mol. The highest BCUT2D eigenvalue weighted by atomic mass is 79.9. The molecule has 110 valence electrons. The molecule has 2 aliphatic rings. The Kier molecular flexibility index (Phi) is 4.79. The van der Waals surface area contributed by atoms with Crippen molar-refractivity contribution >= 4 is 15.9 Å². The van der Waals surface area contributed by atoms with Crippen molar-refractivity contribution in [3.05, 3.63) is 34.3 Å². The Hall–Kier alpha value is -0.380. The molecule has 1 aliphatic carbocycles. The SMILES string of the molecule is CN1CCCCC(CNC2CC2)C1c1ccccc1Br. The minimum absolute atomic E-state index is 0.541. The van der Waals surface area contributed by atoms with Gasteiger partial charge in [0, 0.05) is 23.1 Å². The van der Waals surface area contributed by atoms with Gasteiger partial charge in [0.05, 0.1) is 0 Å². The summed E-state index contributed by atoms with van der Waals surface area (Å²) in [5.74, 6) is 0.724.